The van der Waals surface area contributed by atoms with E-state index in [0.717, 1.165) is 0 Å². The van der Waals surface area contributed by atoms with Crippen LogP contribution in [0, 0.1) is 0 Å². The first-order valence-electron chi connectivity index (χ1n) is 1.85. The molecule has 0 rings (SSSR count). The van der Waals surface area contributed by atoms with Crippen LogP contribution in [0.1, 0.15) is 6.92 Å². The Kier molecular flexibility index (Phi) is 2.69. The molecule has 0 heterocycles. The molecule has 0 saturated carbocycles. The zero-order valence-electron chi connectivity index (χ0n) is 4.17. The topological polar surface area (TPSA) is 26.3 Å². The third-order valence-electron chi connectivity index (χ3n) is 0.320. The van der Waals surface area contributed by atoms with E-state index in [1.807, 2.05) is 0 Å². The van der Waals surface area contributed by atoms with Gasteiger partial charge in [0.15, 0.2) is 0 Å². The smallest absolute Gasteiger partial charge is 0.406 e. The van der Waals surface area contributed by atoms with Crippen LogP contribution in [0.3, 0.4) is 0 Å². The Balaban J connectivity index is 3.57. The van der Waals surface area contributed by atoms with E-state index >= 15 is 0 Å². The molecule has 0 aromatic carbocycles. The zero-order chi connectivity index (χ0) is 6.62. The molecule has 0 radical (unpaired) electrons. The van der Waals surface area contributed by atoms with Crippen LogP contribution < -0.4 is 0 Å². The van der Waals surface area contributed by atoms with Crippen LogP contribution in [-0.4, -0.2) is 0 Å². The molecule has 2 nitrogen and oxygen atoms in total. The lowest BCUT2D eigenvalue weighted by molar-refractivity contribution is 0.348. The van der Waals surface area contributed by atoms with Crippen LogP contribution in [0.25, 0.3) is 0 Å². The Morgan fingerprint density at radius 1 is 1.62 bits per heavy atom. The average Bonchev–Trinajstić information content (AvgIpc) is 1.59. The van der Waals surface area contributed by atoms with Crippen LogP contribution in [-0.2, 0) is 9.09 Å². The predicted octanol–water partition coefficient (Wildman–Crippen LogP) is 2.58. The Morgan fingerprint density at radius 2 is 2.12 bits per heavy atom. The molecule has 0 unspecified atom stereocenters. The van der Waals surface area contributed by atoms with E-state index in [9.17, 15) is 13.0 Å². The summed E-state index contributed by atoms with van der Waals surface area (Å²) >= 11 is 0. The van der Waals surface area contributed by atoms with Crippen LogP contribution in [0.15, 0.2) is 12.3 Å². The molecule has 0 spiro atoms. The second-order valence-corrected chi connectivity index (χ2v) is 2.03. The normalized spacial score (nSPS) is 12.4. The van der Waals surface area contributed by atoms with E-state index in [4.69, 9.17) is 0 Å². The molecule has 0 atom stereocenters. The molecule has 0 saturated heterocycles. The first kappa shape index (κ1) is 7.63. The number of hydrogen-bond donors (Lipinski definition) is 0. The van der Waals surface area contributed by atoms with E-state index in [1.54, 1.807) is 0 Å². The Morgan fingerprint density at radius 3 is 2.25 bits per heavy atom. The maximum absolute atomic E-state index is 11.2. The van der Waals surface area contributed by atoms with Gasteiger partial charge in [-0.3, -0.25) is 0 Å². The second-order valence-electron chi connectivity index (χ2n) is 0.989. The molecule has 0 aromatic heterocycles. The molecule has 0 aromatic rings. The first-order chi connectivity index (χ1) is 3.56. The molecule has 0 fully saturated rings. The fourth-order valence-electron chi connectivity index (χ4n) is 0.132. The maximum Gasteiger partial charge on any atom is 0.609 e. The maximum atomic E-state index is 11.2. The fourth-order valence-corrected chi connectivity index (χ4v) is 0.395. The molecular weight excluding hydrogens is 137 g/mol. The van der Waals surface area contributed by atoms with Crippen molar-refractivity contribution in [2.24, 2.45) is 0 Å². The summed E-state index contributed by atoms with van der Waals surface area (Å²) in [4.78, 5) is 0. The van der Waals surface area contributed by atoms with Gasteiger partial charge in [0.2, 0.25) is 0 Å². The van der Waals surface area contributed by atoms with Gasteiger partial charge in [0, 0.05) is 0 Å². The quantitative estimate of drug-likeness (QED) is 0.437. The summed E-state index contributed by atoms with van der Waals surface area (Å²) in [5, 5.41) is 0. The summed E-state index contributed by atoms with van der Waals surface area (Å²) in [6.07, 6.45) is 1.92. The molecule has 0 N–H and O–H groups in total. The minimum atomic E-state index is -5.27. The van der Waals surface area contributed by atoms with Crippen molar-refractivity contribution in [2.75, 3.05) is 0 Å². The molecule has 0 aliphatic heterocycles. The summed E-state index contributed by atoms with van der Waals surface area (Å²) < 4.78 is 35.2. The van der Waals surface area contributed by atoms with Crippen LogP contribution >= 0.6 is 7.99 Å². The van der Waals surface area contributed by atoms with E-state index in [1.165, 1.54) is 13.0 Å². The van der Waals surface area contributed by atoms with Crippen molar-refractivity contribution in [3.63, 3.8) is 0 Å². The number of rotatable bonds is 2. The number of hydrogen-bond acceptors (Lipinski definition) is 2. The lowest BCUT2D eigenvalue weighted by Crippen LogP contribution is -1.63. The molecule has 0 aliphatic rings. The first-order valence-corrected chi connectivity index (χ1v) is 3.26. The molecule has 0 amide bonds. The van der Waals surface area contributed by atoms with Gasteiger partial charge in [-0.15, -0.1) is 8.39 Å². The van der Waals surface area contributed by atoms with Gasteiger partial charge >= 0.3 is 7.99 Å². The van der Waals surface area contributed by atoms with Crippen molar-refractivity contribution in [3.05, 3.63) is 12.3 Å². The molecular formula is C3H5F2O2P. The highest BCUT2D eigenvalue weighted by molar-refractivity contribution is 7.47. The molecule has 8 heavy (non-hydrogen) atoms. The highest BCUT2D eigenvalue weighted by atomic mass is 31.2. The van der Waals surface area contributed by atoms with Crippen molar-refractivity contribution in [1.82, 2.24) is 0 Å². The van der Waals surface area contributed by atoms with Gasteiger partial charge in [-0.2, -0.15) is 0 Å². The summed E-state index contributed by atoms with van der Waals surface area (Å²) in [6.45, 7) is 1.48. The third-order valence-corrected chi connectivity index (χ3v) is 0.687. The predicted molar refractivity (Wildman–Crippen MR) is 25.7 cm³/mol. The van der Waals surface area contributed by atoms with Crippen molar-refractivity contribution < 1.29 is 17.5 Å². The van der Waals surface area contributed by atoms with Crippen LogP contribution in [0.4, 0.5) is 8.39 Å². The summed E-state index contributed by atoms with van der Waals surface area (Å²) in [5.41, 5.74) is 0. The Hall–Kier alpha value is -0.370. The van der Waals surface area contributed by atoms with Crippen molar-refractivity contribution in [3.8, 4) is 0 Å². The van der Waals surface area contributed by atoms with E-state index in [2.05, 4.69) is 4.52 Å². The van der Waals surface area contributed by atoms with Gasteiger partial charge in [-0.05, 0) is 6.92 Å². The monoisotopic (exact) mass is 142 g/mol. The minimum Gasteiger partial charge on any atom is -0.406 e. The van der Waals surface area contributed by atoms with Gasteiger partial charge in [-0.1, -0.05) is 6.08 Å². The fraction of sp³-hybridized carbons (Fsp3) is 0.333. The van der Waals surface area contributed by atoms with E-state index in [0.29, 0.717) is 6.26 Å². The van der Waals surface area contributed by atoms with Crippen LogP contribution in [0.5, 0.6) is 0 Å². The summed E-state index contributed by atoms with van der Waals surface area (Å²) in [6, 6.07) is 0. The standard InChI is InChI=1S/C3H5F2O2P/c1-2-3-7-8(4,5)6/h2-3H,1H3. The van der Waals surface area contributed by atoms with Crippen molar-refractivity contribution in [2.45, 2.75) is 6.92 Å². The number of halogens is 2. The third kappa shape index (κ3) is 5.63. The SMILES string of the molecule is CC=COP(=O)(F)F. The molecule has 0 aliphatic carbocycles. The van der Waals surface area contributed by atoms with Gasteiger partial charge in [0.05, 0.1) is 6.26 Å². The summed E-state index contributed by atoms with van der Waals surface area (Å²) in [7, 11) is -5.27. The summed E-state index contributed by atoms with van der Waals surface area (Å²) in [5.74, 6) is 0. The van der Waals surface area contributed by atoms with Gasteiger partial charge in [0.1, 0.15) is 0 Å². The zero-order valence-corrected chi connectivity index (χ0v) is 5.07. The Bertz CT molecular complexity index is 127. The molecule has 5 heteroatoms. The highest BCUT2D eigenvalue weighted by Crippen LogP contribution is 2.50. The van der Waals surface area contributed by atoms with Crippen LogP contribution in [0.2, 0.25) is 0 Å². The average molecular weight is 142 g/mol. The minimum absolute atomic E-state index is 0.695. The molecule has 0 bridgehead atoms. The van der Waals surface area contributed by atoms with E-state index < -0.39 is 7.99 Å². The largest absolute Gasteiger partial charge is 0.609 e. The van der Waals surface area contributed by atoms with Gasteiger partial charge in [0.25, 0.3) is 0 Å². The number of allylic oxidation sites excluding steroid dienone is 1. The van der Waals surface area contributed by atoms with Crippen molar-refractivity contribution in [1.29, 1.82) is 0 Å². The van der Waals surface area contributed by atoms with Gasteiger partial charge in [-0.25, -0.2) is 4.57 Å². The Labute approximate surface area is 45.8 Å². The second kappa shape index (κ2) is 2.82. The lowest BCUT2D eigenvalue weighted by Gasteiger charge is -1.91. The highest BCUT2D eigenvalue weighted by Gasteiger charge is 2.18. The van der Waals surface area contributed by atoms with E-state index in [-0.39, 0.29) is 0 Å². The molecule has 48 valence electrons. The van der Waals surface area contributed by atoms with Crippen molar-refractivity contribution >= 4 is 7.99 Å². The lowest BCUT2D eigenvalue weighted by atomic mass is 10.8. The van der Waals surface area contributed by atoms with Gasteiger partial charge < -0.3 is 4.52 Å².